The van der Waals surface area contributed by atoms with Crippen molar-refractivity contribution in [2.24, 2.45) is 17.8 Å². The Bertz CT molecular complexity index is 448. The van der Waals surface area contributed by atoms with Gasteiger partial charge in [0.15, 0.2) is 5.78 Å². The van der Waals surface area contributed by atoms with Gasteiger partial charge in [-0.25, -0.2) is 4.39 Å². The van der Waals surface area contributed by atoms with Gasteiger partial charge in [0.25, 0.3) is 0 Å². The van der Waals surface area contributed by atoms with Crippen LogP contribution in [0.4, 0.5) is 4.39 Å². The molecule has 0 bridgehead atoms. The van der Waals surface area contributed by atoms with Crippen LogP contribution in [0.3, 0.4) is 0 Å². The minimum atomic E-state index is -0.408. The van der Waals surface area contributed by atoms with E-state index >= 15 is 0 Å². The zero-order valence-corrected chi connectivity index (χ0v) is 12.3. The molecule has 0 aromatic heterocycles. The molecule has 3 heteroatoms. The first-order valence-corrected chi connectivity index (χ1v) is 7.26. The molecule has 98 valence electrons. The Morgan fingerprint density at radius 3 is 2.44 bits per heavy atom. The van der Waals surface area contributed by atoms with Gasteiger partial charge >= 0.3 is 0 Å². The lowest BCUT2D eigenvalue weighted by atomic mass is 9.74. The first-order chi connectivity index (χ1) is 8.47. The number of hydrogen-bond donors (Lipinski definition) is 0. The average Bonchev–Trinajstić information content (AvgIpc) is 2.30. The molecule has 1 aliphatic carbocycles. The third kappa shape index (κ3) is 3.00. The van der Waals surface area contributed by atoms with Gasteiger partial charge in [0.05, 0.1) is 5.56 Å². The zero-order chi connectivity index (χ0) is 13.3. The predicted molar refractivity (Wildman–Crippen MR) is 74.1 cm³/mol. The first-order valence-electron chi connectivity index (χ1n) is 6.46. The van der Waals surface area contributed by atoms with Gasteiger partial charge in [-0.05, 0) is 49.3 Å². The van der Waals surface area contributed by atoms with E-state index in [1.807, 2.05) is 0 Å². The van der Waals surface area contributed by atoms with Crippen molar-refractivity contribution in [3.05, 3.63) is 34.1 Å². The lowest BCUT2D eigenvalue weighted by Crippen LogP contribution is -2.26. The Morgan fingerprint density at radius 1 is 1.22 bits per heavy atom. The van der Waals surface area contributed by atoms with Crippen LogP contribution in [0.5, 0.6) is 0 Å². The standard InChI is InChI=1S/C15H18BrFO/c1-9-5-10(2)7-11(6-9)15(18)13-8-12(16)3-4-14(13)17/h3-4,8-11H,5-7H2,1-2H3. The van der Waals surface area contributed by atoms with Gasteiger partial charge in [0.2, 0.25) is 0 Å². The molecule has 0 spiro atoms. The predicted octanol–water partition coefficient (Wildman–Crippen LogP) is 4.84. The van der Waals surface area contributed by atoms with Gasteiger partial charge in [0, 0.05) is 10.4 Å². The van der Waals surface area contributed by atoms with Crippen molar-refractivity contribution in [2.45, 2.75) is 33.1 Å². The van der Waals surface area contributed by atoms with Gasteiger partial charge in [-0.3, -0.25) is 4.79 Å². The summed E-state index contributed by atoms with van der Waals surface area (Å²) in [6.07, 6.45) is 2.94. The minimum absolute atomic E-state index is 0.0208. The van der Waals surface area contributed by atoms with E-state index in [0.29, 0.717) is 11.8 Å². The smallest absolute Gasteiger partial charge is 0.168 e. The summed E-state index contributed by atoms with van der Waals surface area (Å²) in [5.74, 6) is 0.643. The summed E-state index contributed by atoms with van der Waals surface area (Å²) in [6, 6.07) is 4.58. The summed E-state index contributed by atoms with van der Waals surface area (Å²) in [4.78, 5) is 12.4. The second-order valence-corrected chi connectivity index (χ2v) is 6.52. The highest BCUT2D eigenvalue weighted by Crippen LogP contribution is 2.35. The second kappa shape index (κ2) is 5.52. The number of rotatable bonds is 2. The maximum absolute atomic E-state index is 13.7. The number of hydrogen-bond acceptors (Lipinski definition) is 1. The molecule has 2 rings (SSSR count). The van der Waals surface area contributed by atoms with Crippen LogP contribution in [0, 0.1) is 23.6 Å². The van der Waals surface area contributed by atoms with Crippen LogP contribution in [0.15, 0.2) is 22.7 Å². The van der Waals surface area contributed by atoms with Gasteiger partial charge in [0.1, 0.15) is 5.82 Å². The number of Topliss-reactive ketones (excluding diaryl/α,β-unsaturated/α-hetero) is 1. The lowest BCUT2D eigenvalue weighted by molar-refractivity contribution is 0.0832. The van der Waals surface area contributed by atoms with Gasteiger partial charge in [-0.15, -0.1) is 0 Å². The molecule has 2 atom stereocenters. The summed E-state index contributed by atoms with van der Waals surface area (Å²) >= 11 is 3.29. The third-order valence-corrected chi connectivity index (χ3v) is 4.24. The molecule has 0 amide bonds. The van der Waals surface area contributed by atoms with Gasteiger partial charge in [-0.2, -0.15) is 0 Å². The van der Waals surface area contributed by atoms with Crippen molar-refractivity contribution >= 4 is 21.7 Å². The van der Waals surface area contributed by atoms with Crippen LogP contribution in [-0.2, 0) is 0 Å². The van der Waals surface area contributed by atoms with Crippen LogP contribution in [0.25, 0.3) is 0 Å². The molecule has 1 aliphatic rings. The molecule has 1 fully saturated rings. The van der Waals surface area contributed by atoms with Crippen LogP contribution in [0.1, 0.15) is 43.5 Å². The largest absolute Gasteiger partial charge is 0.294 e. The SMILES string of the molecule is CC1CC(C)CC(C(=O)c2cc(Br)ccc2F)C1. The molecule has 0 N–H and O–H groups in total. The number of halogens is 2. The number of carbonyl (C=O) groups excluding carboxylic acids is 1. The maximum Gasteiger partial charge on any atom is 0.168 e. The molecule has 0 aliphatic heterocycles. The van der Waals surface area contributed by atoms with E-state index in [1.165, 1.54) is 12.5 Å². The maximum atomic E-state index is 13.7. The topological polar surface area (TPSA) is 17.1 Å². The molecule has 2 unspecified atom stereocenters. The molecule has 1 saturated carbocycles. The van der Waals surface area contributed by atoms with E-state index in [1.54, 1.807) is 12.1 Å². The molecular weight excluding hydrogens is 295 g/mol. The van der Waals surface area contributed by atoms with Crippen molar-refractivity contribution in [1.29, 1.82) is 0 Å². The Balaban J connectivity index is 2.22. The summed E-state index contributed by atoms with van der Waals surface area (Å²) in [5, 5.41) is 0. The molecule has 1 aromatic rings. The Morgan fingerprint density at radius 2 is 1.83 bits per heavy atom. The fraction of sp³-hybridized carbons (Fsp3) is 0.533. The third-order valence-electron chi connectivity index (χ3n) is 3.74. The van der Waals surface area contributed by atoms with E-state index in [9.17, 15) is 9.18 Å². The summed E-state index contributed by atoms with van der Waals surface area (Å²) in [5.41, 5.74) is 0.232. The Kier molecular flexibility index (Phi) is 4.21. The van der Waals surface area contributed by atoms with Crippen molar-refractivity contribution in [2.75, 3.05) is 0 Å². The van der Waals surface area contributed by atoms with Crippen LogP contribution >= 0.6 is 15.9 Å². The molecule has 0 radical (unpaired) electrons. The molecule has 0 heterocycles. The number of ketones is 1. The fourth-order valence-electron chi connectivity index (χ4n) is 3.07. The van der Waals surface area contributed by atoms with Crippen LogP contribution in [-0.4, -0.2) is 5.78 Å². The second-order valence-electron chi connectivity index (χ2n) is 5.60. The summed E-state index contributed by atoms with van der Waals surface area (Å²) in [6.45, 7) is 4.35. The van der Waals surface area contributed by atoms with Crippen molar-refractivity contribution in [3.8, 4) is 0 Å². The molecular formula is C15H18BrFO. The highest BCUT2D eigenvalue weighted by molar-refractivity contribution is 9.10. The summed E-state index contributed by atoms with van der Waals surface area (Å²) in [7, 11) is 0. The monoisotopic (exact) mass is 312 g/mol. The first kappa shape index (κ1) is 13.7. The quantitative estimate of drug-likeness (QED) is 0.714. The highest BCUT2D eigenvalue weighted by atomic mass is 79.9. The number of carbonyl (C=O) groups is 1. The Hall–Kier alpha value is -0.700. The van der Waals surface area contributed by atoms with Gasteiger partial charge in [-0.1, -0.05) is 29.8 Å². The minimum Gasteiger partial charge on any atom is -0.294 e. The molecule has 0 saturated heterocycles. The van der Waals surface area contributed by atoms with Gasteiger partial charge < -0.3 is 0 Å². The van der Waals surface area contributed by atoms with E-state index in [-0.39, 0.29) is 17.3 Å². The molecule has 1 nitrogen and oxygen atoms in total. The zero-order valence-electron chi connectivity index (χ0n) is 10.7. The van der Waals surface area contributed by atoms with Crippen LogP contribution in [0.2, 0.25) is 0 Å². The van der Waals surface area contributed by atoms with E-state index in [2.05, 4.69) is 29.8 Å². The van der Waals surface area contributed by atoms with Crippen molar-refractivity contribution in [3.63, 3.8) is 0 Å². The Labute approximate surface area is 116 Å². The van der Waals surface area contributed by atoms with Crippen LogP contribution < -0.4 is 0 Å². The normalized spacial score (nSPS) is 28.1. The molecule has 18 heavy (non-hydrogen) atoms. The average molecular weight is 313 g/mol. The highest BCUT2D eigenvalue weighted by Gasteiger charge is 2.30. The van der Waals surface area contributed by atoms with E-state index in [4.69, 9.17) is 0 Å². The van der Waals surface area contributed by atoms with Crippen molar-refractivity contribution < 1.29 is 9.18 Å². The molecule has 1 aromatic carbocycles. The van der Waals surface area contributed by atoms with E-state index in [0.717, 1.165) is 17.3 Å². The number of benzene rings is 1. The van der Waals surface area contributed by atoms with Crippen molar-refractivity contribution in [1.82, 2.24) is 0 Å². The summed E-state index contributed by atoms with van der Waals surface area (Å²) < 4.78 is 14.5. The lowest BCUT2D eigenvalue weighted by Gasteiger charge is -2.30. The fourth-order valence-corrected chi connectivity index (χ4v) is 3.43. The van der Waals surface area contributed by atoms with E-state index < -0.39 is 5.82 Å².